The van der Waals surface area contributed by atoms with Crippen LogP contribution >= 0.6 is 11.6 Å². The standard InChI is InChI=1S/C14H21ClN4O2/c1-14(2,3)12(21-13(16)20)9-4-5-19(8-9)10-6-11(15)18-17-7-10/h6-7,9,12H,4-5,8H2,1-3H3,(H2,16,20)/t9?,12-/m1/s1. The van der Waals surface area contributed by atoms with Crippen LogP contribution in [0.15, 0.2) is 12.3 Å². The van der Waals surface area contributed by atoms with Crippen LogP contribution in [0.1, 0.15) is 27.2 Å². The molecule has 2 atom stereocenters. The molecule has 21 heavy (non-hydrogen) atoms. The molecule has 116 valence electrons. The second-order valence-electron chi connectivity index (χ2n) is 6.45. The average molecular weight is 313 g/mol. The number of carbonyl (C=O) groups excluding carboxylic acids is 1. The molecule has 1 unspecified atom stereocenters. The van der Waals surface area contributed by atoms with Crippen LogP contribution in [-0.2, 0) is 4.74 Å². The highest BCUT2D eigenvalue weighted by Gasteiger charge is 2.39. The highest BCUT2D eigenvalue weighted by Crippen LogP contribution is 2.35. The Kier molecular flexibility index (Phi) is 4.56. The largest absolute Gasteiger partial charge is 0.445 e. The van der Waals surface area contributed by atoms with Gasteiger partial charge in [-0.2, -0.15) is 5.10 Å². The summed E-state index contributed by atoms with van der Waals surface area (Å²) in [6, 6.07) is 1.79. The van der Waals surface area contributed by atoms with Crippen molar-refractivity contribution in [3.63, 3.8) is 0 Å². The minimum absolute atomic E-state index is 0.163. The fourth-order valence-corrected chi connectivity index (χ4v) is 3.03. The van der Waals surface area contributed by atoms with Crippen LogP contribution < -0.4 is 10.6 Å². The smallest absolute Gasteiger partial charge is 0.404 e. The predicted octanol–water partition coefficient (Wildman–Crippen LogP) is 2.47. The Bertz CT molecular complexity index is 518. The van der Waals surface area contributed by atoms with Gasteiger partial charge in [-0.3, -0.25) is 0 Å². The van der Waals surface area contributed by atoms with E-state index in [0.717, 1.165) is 25.2 Å². The monoisotopic (exact) mass is 312 g/mol. The van der Waals surface area contributed by atoms with Crippen LogP contribution in [-0.4, -0.2) is 35.5 Å². The van der Waals surface area contributed by atoms with E-state index < -0.39 is 6.09 Å². The number of carbonyl (C=O) groups is 1. The van der Waals surface area contributed by atoms with Crippen LogP contribution in [0.2, 0.25) is 5.15 Å². The lowest BCUT2D eigenvalue weighted by Gasteiger charge is -2.34. The van der Waals surface area contributed by atoms with Gasteiger partial charge in [0.15, 0.2) is 5.15 Å². The fourth-order valence-electron chi connectivity index (χ4n) is 2.88. The summed E-state index contributed by atoms with van der Waals surface area (Å²) in [4.78, 5) is 13.3. The zero-order chi connectivity index (χ0) is 15.6. The third-order valence-electron chi connectivity index (χ3n) is 3.72. The Hall–Kier alpha value is -1.56. The first kappa shape index (κ1) is 15.8. The fraction of sp³-hybridized carbons (Fsp3) is 0.643. The molecule has 0 bridgehead atoms. The topological polar surface area (TPSA) is 81.3 Å². The minimum atomic E-state index is -0.720. The van der Waals surface area contributed by atoms with Crippen LogP contribution in [0.5, 0.6) is 0 Å². The normalized spacial score (nSPS) is 20.4. The van der Waals surface area contributed by atoms with Crippen LogP contribution in [0.4, 0.5) is 10.5 Å². The van der Waals surface area contributed by atoms with E-state index in [-0.39, 0.29) is 17.4 Å². The molecule has 1 amide bonds. The Balaban J connectivity index is 2.11. The molecule has 2 N–H and O–H groups in total. The van der Waals surface area contributed by atoms with Gasteiger partial charge in [0, 0.05) is 25.1 Å². The van der Waals surface area contributed by atoms with E-state index in [1.807, 2.05) is 20.8 Å². The van der Waals surface area contributed by atoms with Gasteiger partial charge in [-0.15, -0.1) is 5.10 Å². The van der Waals surface area contributed by atoms with Crippen molar-refractivity contribution in [2.45, 2.75) is 33.3 Å². The summed E-state index contributed by atoms with van der Waals surface area (Å²) in [6.07, 6.45) is 1.68. The molecule has 0 spiro atoms. The molecule has 0 radical (unpaired) electrons. The van der Waals surface area contributed by atoms with E-state index in [4.69, 9.17) is 22.1 Å². The maximum atomic E-state index is 11.2. The van der Waals surface area contributed by atoms with Gasteiger partial charge < -0.3 is 15.4 Å². The zero-order valence-electron chi connectivity index (χ0n) is 12.5. The average Bonchev–Trinajstić information content (AvgIpc) is 2.83. The number of aromatic nitrogens is 2. The third kappa shape index (κ3) is 3.97. The molecule has 7 heteroatoms. The van der Waals surface area contributed by atoms with Crippen molar-refractivity contribution in [1.29, 1.82) is 0 Å². The number of nitrogens with zero attached hydrogens (tertiary/aromatic N) is 3. The van der Waals surface area contributed by atoms with Gasteiger partial charge in [-0.1, -0.05) is 32.4 Å². The summed E-state index contributed by atoms with van der Waals surface area (Å²) in [5.41, 5.74) is 5.98. The van der Waals surface area contributed by atoms with E-state index >= 15 is 0 Å². The van der Waals surface area contributed by atoms with Crippen LogP contribution in [0.25, 0.3) is 0 Å². The molecule has 1 saturated heterocycles. The number of anilines is 1. The van der Waals surface area contributed by atoms with Crippen molar-refractivity contribution in [3.8, 4) is 0 Å². The van der Waals surface area contributed by atoms with Crippen LogP contribution in [0, 0.1) is 11.3 Å². The van der Waals surface area contributed by atoms with Crippen molar-refractivity contribution in [3.05, 3.63) is 17.4 Å². The lowest BCUT2D eigenvalue weighted by atomic mass is 9.80. The van der Waals surface area contributed by atoms with Crippen molar-refractivity contribution < 1.29 is 9.53 Å². The second-order valence-corrected chi connectivity index (χ2v) is 6.84. The van der Waals surface area contributed by atoms with Gasteiger partial charge in [-0.05, 0) is 11.8 Å². The van der Waals surface area contributed by atoms with E-state index in [9.17, 15) is 4.79 Å². The van der Waals surface area contributed by atoms with Gasteiger partial charge in [-0.25, -0.2) is 4.79 Å². The molecule has 1 aromatic heterocycles. The Morgan fingerprint density at radius 1 is 1.57 bits per heavy atom. The number of amides is 1. The van der Waals surface area contributed by atoms with Crippen LogP contribution in [0.3, 0.4) is 0 Å². The first-order valence-corrected chi connectivity index (χ1v) is 7.34. The van der Waals surface area contributed by atoms with Gasteiger partial charge in [0.05, 0.1) is 11.9 Å². The van der Waals surface area contributed by atoms with Gasteiger partial charge >= 0.3 is 6.09 Å². The van der Waals surface area contributed by atoms with Crippen molar-refractivity contribution in [2.24, 2.45) is 17.1 Å². The molecular formula is C14H21ClN4O2. The number of primary amides is 1. The molecule has 6 nitrogen and oxygen atoms in total. The molecule has 1 fully saturated rings. The molecule has 1 aromatic rings. The van der Waals surface area contributed by atoms with Gasteiger partial charge in [0.2, 0.25) is 0 Å². The summed E-state index contributed by atoms with van der Waals surface area (Å²) >= 11 is 5.88. The zero-order valence-corrected chi connectivity index (χ0v) is 13.3. The first-order chi connectivity index (χ1) is 9.77. The van der Waals surface area contributed by atoms with Gasteiger partial charge in [0.25, 0.3) is 0 Å². The lowest BCUT2D eigenvalue weighted by molar-refractivity contribution is 0.00243. The Morgan fingerprint density at radius 2 is 2.29 bits per heavy atom. The summed E-state index contributed by atoms with van der Waals surface area (Å²) in [5.74, 6) is 0.226. The summed E-state index contributed by atoms with van der Waals surface area (Å²) < 4.78 is 5.36. The van der Waals surface area contributed by atoms with E-state index in [2.05, 4.69) is 15.1 Å². The lowest BCUT2D eigenvalue weighted by Crippen LogP contribution is -2.40. The van der Waals surface area contributed by atoms with E-state index in [0.29, 0.717) is 5.15 Å². The highest BCUT2D eigenvalue weighted by molar-refractivity contribution is 6.29. The maximum absolute atomic E-state index is 11.2. The second kappa shape index (κ2) is 6.05. The molecule has 0 saturated carbocycles. The number of nitrogens with two attached hydrogens (primary N) is 1. The molecular weight excluding hydrogens is 292 g/mol. The number of rotatable bonds is 3. The summed E-state index contributed by atoms with van der Waals surface area (Å²) in [6.45, 7) is 7.79. The van der Waals surface area contributed by atoms with E-state index in [1.54, 1.807) is 12.3 Å². The Morgan fingerprint density at radius 3 is 2.86 bits per heavy atom. The predicted molar refractivity (Wildman–Crippen MR) is 81.3 cm³/mol. The number of hydrogen-bond acceptors (Lipinski definition) is 5. The number of ether oxygens (including phenoxy) is 1. The number of halogens is 1. The van der Waals surface area contributed by atoms with Crippen molar-refractivity contribution in [1.82, 2.24) is 10.2 Å². The molecule has 2 rings (SSSR count). The number of hydrogen-bond donors (Lipinski definition) is 1. The quantitative estimate of drug-likeness (QED) is 0.927. The summed E-state index contributed by atoms with van der Waals surface area (Å²) in [5, 5.41) is 7.99. The SMILES string of the molecule is CC(C)(C)[C@H](OC(N)=O)C1CCN(c2cnnc(Cl)c2)C1. The molecule has 2 heterocycles. The first-order valence-electron chi connectivity index (χ1n) is 6.96. The third-order valence-corrected chi connectivity index (χ3v) is 3.91. The summed E-state index contributed by atoms with van der Waals surface area (Å²) in [7, 11) is 0. The Labute approximate surface area is 129 Å². The molecule has 1 aliphatic rings. The van der Waals surface area contributed by atoms with Gasteiger partial charge in [0.1, 0.15) is 6.10 Å². The molecule has 0 aromatic carbocycles. The van der Waals surface area contributed by atoms with E-state index in [1.165, 1.54) is 0 Å². The minimum Gasteiger partial charge on any atom is -0.445 e. The maximum Gasteiger partial charge on any atom is 0.404 e. The molecule has 1 aliphatic heterocycles. The van der Waals surface area contributed by atoms with Crippen molar-refractivity contribution in [2.75, 3.05) is 18.0 Å². The molecule has 0 aliphatic carbocycles. The van der Waals surface area contributed by atoms with Crippen molar-refractivity contribution >= 4 is 23.4 Å². The highest BCUT2D eigenvalue weighted by atomic mass is 35.5.